The molecule has 0 aromatic heterocycles. The Morgan fingerprint density at radius 2 is 1.71 bits per heavy atom. The van der Waals surface area contributed by atoms with Gasteiger partial charge in [0.2, 0.25) is 0 Å². The van der Waals surface area contributed by atoms with Gasteiger partial charge in [-0.15, -0.1) is 0 Å². The lowest BCUT2D eigenvalue weighted by Crippen LogP contribution is -2.18. The van der Waals surface area contributed by atoms with E-state index < -0.39 is 11.9 Å². The molecule has 3 aromatic rings. The van der Waals surface area contributed by atoms with Crippen LogP contribution >= 0.6 is 23.2 Å². The van der Waals surface area contributed by atoms with Crippen molar-refractivity contribution < 1.29 is 19.1 Å². The fourth-order valence-corrected chi connectivity index (χ4v) is 3.19. The Hall–Kier alpha value is -3.35. The molecule has 3 rings (SSSR count). The first-order chi connectivity index (χ1) is 14.9. The molecule has 0 aliphatic heterocycles. The number of benzene rings is 3. The Kier molecular flexibility index (Phi) is 7.28. The zero-order chi connectivity index (χ0) is 22.4. The first kappa shape index (κ1) is 22.3. The number of carbonyl (C=O) groups excluding carboxylic acids is 2. The van der Waals surface area contributed by atoms with Crippen LogP contribution in [0.25, 0.3) is 0 Å². The van der Waals surface area contributed by atoms with Crippen LogP contribution in [0.2, 0.25) is 10.0 Å². The minimum Gasteiger partial charge on any atom is -0.493 e. The van der Waals surface area contributed by atoms with E-state index in [-0.39, 0.29) is 11.3 Å². The minimum atomic E-state index is -0.604. The van der Waals surface area contributed by atoms with Gasteiger partial charge in [-0.1, -0.05) is 41.4 Å². The lowest BCUT2D eigenvalue weighted by Gasteiger charge is -2.10. The molecule has 0 saturated heterocycles. The summed E-state index contributed by atoms with van der Waals surface area (Å²) in [5, 5.41) is 4.58. The fourth-order valence-electron chi connectivity index (χ4n) is 2.66. The number of aryl methyl sites for hydroxylation is 1. The average molecular weight is 457 g/mol. The van der Waals surface area contributed by atoms with E-state index in [0.29, 0.717) is 26.9 Å². The normalized spacial score (nSPS) is 10.7. The molecule has 8 heteroatoms. The van der Waals surface area contributed by atoms with E-state index in [0.717, 1.165) is 5.56 Å². The van der Waals surface area contributed by atoms with Crippen LogP contribution in [0, 0.1) is 6.92 Å². The highest BCUT2D eigenvalue weighted by atomic mass is 35.5. The maximum Gasteiger partial charge on any atom is 0.345 e. The molecule has 0 unspecified atom stereocenters. The smallest absolute Gasteiger partial charge is 0.345 e. The SMILES string of the molecule is COc1cc(/C=N\NC(=O)c2ccc(C)cc2Cl)ccc1OC(=O)c1ccccc1Cl. The van der Waals surface area contributed by atoms with Gasteiger partial charge in [0.15, 0.2) is 11.5 Å². The summed E-state index contributed by atoms with van der Waals surface area (Å²) in [6, 6.07) is 16.5. The van der Waals surface area contributed by atoms with Crippen LogP contribution in [0.15, 0.2) is 65.8 Å². The van der Waals surface area contributed by atoms with Crippen LogP contribution in [0.4, 0.5) is 0 Å². The third-order valence-electron chi connectivity index (χ3n) is 4.23. The number of hydrogen-bond donors (Lipinski definition) is 1. The molecule has 0 bridgehead atoms. The maximum absolute atomic E-state index is 12.4. The largest absolute Gasteiger partial charge is 0.493 e. The van der Waals surface area contributed by atoms with E-state index in [9.17, 15) is 9.59 Å². The van der Waals surface area contributed by atoms with Gasteiger partial charge in [-0.3, -0.25) is 4.79 Å². The lowest BCUT2D eigenvalue weighted by atomic mass is 10.1. The number of methoxy groups -OCH3 is 1. The zero-order valence-corrected chi connectivity index (χ0v) is 18.2. The quantitative estimate of drug-likeness (QED) is 0.236. The van der Waals surface area contributed by atoms with Gasteiger partial charge < -0.3 is 9.47 Å². The Balaban J connectivity index is 1.70. The Labute approximate surface area is 189 Å². The molecule has 1 N–H and O–H groups in total. The summed E-state index contributed by atoms with van der Waals surface area (Å²) in [6.07, 6.45) is 1.43. The second kappa shape index (κ2) is 10.1. The average Bonchev–Trinajstić information content (AvgIpc) is 2.74. The minimum absolute atomic E-state index is 0.222. The van der Waals surface area contributed by atoms with Gasteiger partial charge in [0.25, 0.3) is 5.91 Å². The van der Waals surface area contributed by atoms with Crippen molar-refractivity contribution in [2.24, 2.45) is 5.10 Å². The predicted molar refractivity (Wildman–Crippen MR) is 121 cm³/mol. The van der Waals surface area contributed by atoms with Crippen LogP contribution in [-0.4, -0.2) is 25.2 Å². The molecule has 0 aliphatic rings. The van der Waals surface area contributed by atoms with E-state index in [2.05, 4.69) is 10.5 Å². The highest BCUT2D eigenvalue weighted by Crippen LogP contribution is 2.29. The van der Waals surface area contributed by atoms with Gasteiger partial charge in [0.05, 0.1) is 34.5 Å². The molecule has 1 amide bonds. The Morgan fingerprint density at radius 3 is 2.42 bits per heavy atom. The second-order valence-corrected chi connectivity index (χ2v) is 7.28. The fraction of sp³-hybridized carbons (Fsp3) is 0.0870. The van der Waals surface area contributed by atoms with Crippen LogP contribution in [0.3, 0.4) is 0 Å². The molecule has 6 nitrogen and oxygen atoms in total. The van der Waals surface area contributed by atoms with Crippen LogP contribution in [0.5, 0.6) is 11.5 Å². The van der Waals surface area contributed by atoms with Crippen molar-refractivity contribution in [2.75, 3.05) is 7.11 Å². The Bertz CT molecular complexity index is 1160. The summed E-state index contributed by atoms with van der Waals surface area (Å²) in [5.41, 5.74) is 4.56. The molecule has 158 valence electrons. The van der Waals surface area contributed by atoms with E-state index in [1.807, 2.05) is 6.92 Å². The van der Waals surface area contributed by atoms with Gasteiger partial charge in [-0.25, -0.2) is 10.2 Å². The van der Waals surface area contributed by atoms with Crippen LogP contribution in [-0.2, 0) is 0 Å². The van der Waals surface area contributed by atoms with Gasteiger partial charge in [0, 0.05) is 0 Å². The summed E-state index contributed by atoms with van der Waals surface area (Å²) < 4.78 is 10.7. The monoisotopic (exact) mass is 456 g/mol. The molecule has 31 heavy (non-hydrogen) atoms. The number of hydrazone groups is 1. The number of carbonyl (C=O) groups is 2. The van der Waals surface area contributed by atoms with Crippen molar-refractivity contribution in [1.82, 2.24) is 5.43 Å². The number of hydrogen-bond acceptors (Lipinski definition) is 5. The first-order valence-corrected chi connectivity index (χ1v) is 9.89. The van der Waals surface area contributed by atoms with E-state index in [1.165, 1.54) is 13.3 Å². The predicted octanol–water partition coefficient (Wildman–Crippen LogP) is 5.29. The van der Waals surface area contributed by atoms with Crippen molar-refractivity contribution in [3.63, 3.8) is 0 Å². The van der Waals surface area contributed by atoms with Crippen molar-refractivity contribution in [2.45, 2.75) is 6.92 Å². The highest BCUT2D eigenvalue weighted by molar-refractivity contribution is 6.34. The van der Waals surface area contributed by atoms with Gasteiger partial charge in [0.1, 0.15) is 0 Å². The lowest BCUT2D eigenvalue weighted by molar-refractivity contribution is 0.0729. The summed E-state index contributed by atoms with van der Waals surface area (Å²) in [4.78, 5) is 24.6. The highest BCUT2D eigenvalue weighted by Gasteiger charge is 2.15. The first-order valence-electron chi connectivity index (χ1n) is 9.13. The number of nitrogens with one attached hydrogen (secondary N) is 1. The molecular weight excluding hydrogens is 439 g/mol. The van der Waals surface area contributed by atoms with Gasteiger partial charge in [-0.2, -0.15) is 5.10 Å². The van der Waals surface area contributed by atoms with Crippen molar-refractivity contribution in [1.29, 1.82) is 0 Å². The Morgan fingerprint density at radius 1 is 0.935 bits per heavy atom. The second-order valence-electron chi connectivity index (χ2n) is 6.46. The number of esters is 1. The molecule has 0 heterocycles. The molecule has 0 aliphatic carbocycles. The molecule has 0 spiro atoms. The molecule has 0 radical (unpaired) electrons. The number of nitrogens with zero attached hydrogens (tertiary/aromatic N) is 1. The molecule has 0 saturated carbocycles. The van der Waals surface area contributed by atoms with Crippen molar-refractivity contribution >= 4 is 41.3 Å². The number of halogens is 2. The van der Waals surface area contributed by atoms with Crippen molar-refractivity contribution in [3.05, 3.63) is 93.0 Å². The summed E-state index contributed by atoms with van der Waals surface area (Å²) in [6.45, 7) is 1.88. The number of amides is 1. The van der Waals surface area contributed by atoms with Gasteiger partial charge in [-0.05, 0) is 60.5 Å². The van der Waals surface area contributed by atoms with Crippen molar-refractivity contribution in [3.8, 4) is 11.5 Å². The van der Waals surface area contributed by atoms with E-state index in [1.54, 1.807) is 60.7 Å². The van der Waals surface area contributed by atoms with E-state index in [4.69, 9.17) is 32.7 Å². The molecule has 0 atom stereocenters. The topological polar surface area (TPSA) is 77.0 Å². The van der Waals surface area contributed by atoms with Gasteiger partial charge >= 0.3 is 5.97 Å². The summed E-state index contributed by atoms with van der Waals surface area (Å²) in [5.74, 6) is -0.497. The summed E-state index contributed by atoms with van der Waals surface area (Å²) >= 11 is 12.1. The third kappa shape index (κ3) is 5.63. The standard InChI is InChI=1S/C23H18Cl2N2O4/c1-14-7-9-16(19(25)11-14)22(28)27-26-13-15-8-10-20(21(12-15)30-2)31-23(29)17-5-3-4-6-18(17)24/h3-13H,1-2H3,(H,27,28)/b26-13-. The third-order valence-corrected chi connectivity index (χ3v) is 4.88. The summed E-state index contributed by atoms with van der Waals surface area (Å²) in [7, 11) is 1.45. The maximum atomic E-state index is 12.4. The van der Waals surface area contributed by atoms with E-state index >= 15 is 0 Å². The molecule has 0 fully saturated rings. The molecule has 3 aromatic carbocycles. The van der Waals surface area contributed by atoms with Crippen LogP contribution < -0.4 is 14.9 Å². The molecular formula is C23H18Cl2N2O4. The number of rotatable bonds is 6. The zero-order valence-electron chi connectivity index (χ0n) is 16.7. The van der Waals surface area contributed by atoms with Crippen LogP contribution in [0.1, 0.15) is 31.8 Å². The number of ether oxygens (including phenoxy) is 2.